The van der Waals surface area contributed by atoms with Crippen LogP contribution in [0.1, 0.15) is 59.3 Å². The van der Waals surface area contributed by atoms with Gasteiger partial charge in [-0.2, -0.15) is 0 Å². The maximum atomic E-state index is 9.95. The standard InChI is InChI=1S/C13H27NO/c1-4-11-8-6-7-9-12(11)14-10-13(3,15)5-2/h11-12,14-15H,4-10H2,1-3H3. The van der Waals surface area contributed by atoms with Crippen molar-refractivity contribution in [3.8, 4) is 0 Å². The lowest BCUT2D eigenvalue weighted by Crippen LogP contribution is -2.46. The zero-order valence-electron chi connectivity index (χ0n) is 10.6. The molecule has 0 radical (unpaired) electrons. The Balaban J connectivity index is 2.35. The molecule has 1 saturated carbocycles. The van der Waals surface area contributed by atoms with Gasteiger partial charge >= 0.3 is 0 Å². The molecule has 15 heavy (non-hydrogen) atoms. The third kappa shape index (κ3) is 4.12. The van der Waals surface area contributed by atoms with E-state index in [1.54, 1.807) is 0 Å². The van der Waals surface area contributed by atoms with Crippen LogP contribution >= 0.6 is 0 Å². The van der Waals surface area contributed by atoms with E-state index in [4.69, 9.17) is 0 Å². The van der Waals surface area contributed by atoms with Crippen LogP contribution in [0.2, 0.25) is 0 Å². The van der Waals surface area contributed by atoms with Gasteiger partial charge in [-0.25, -0.2) is 0 Å². The van der Waals surface area contributed by atoms with Crippen molar-refractivity contribution >= 4 is 0 Å². The molecule has 1 aliphatic carbocycles. The first kappa shape index (κ1) is 13.0. The third-order valence-corrected chi connectivity index (χ3v) is 3.94. The molecule has 0 aromatic rings. The third-order valence-electron chi connectivity index (χ3n) is 3.94. The summed E-state index contributed by atoms with van der Waals surface area (Å²) in [5.74, 6) is 0.825. The molecule has 2 nitrogen and oxygen atoms in total. The summed E-state index contributed by atoms with van der Waals surface area (Å²) in [4.78, 5) is 0. The van der Waals surface area contributed by atoms with Gasteiger partial charge in [-0.3, -0.25) is 0 Å². The van der Waals surface area contributed by atoms with Crippen molar-refractivity contribution in [1.82, 2.24) is 5.32 Å². The molecule has 0 heterocycles. The second-order valence-electron chi connectivity index (χ2n) is 5.29. The fraction of sp³-hybridized carbons (Fsp3) is 1.00. The summed E-state index contributed by atoms with van der Waals surface area (Å²) in [5.41, 5.74) is -0.532. The lowest BCUT2D eigenvalue weighted by atomic mass is 9.82. The van der Waals surface area contributed by atoms with Crippen molar-refractivity contribution in [2.45, 2.75) is 70.9 Å². The van der Waals surface area contributed by atoms with Crippen molar-refractivity contribution in [2.24, 2.45) is 5.92 Å². The van der Waals surface area contributed by atoms with Crippen molar-refractivity contribution in [3.05, 3.63) is 0 Å². The number of nitrogens with one attached hydrogen (secondary N) is 1. The van der Waals surface area contributed by atoms with Crippen molar-refractivity contribution in [3.63, 3.8) is 0 Å². The molecule has 0 aromatic heterocycles. The van der Waals surface area contributed by atoms with Crippen LogP contribution in [0.15, 0.2) is 0 Å². The summed E-state index contributed by atoms with van der Waals surface area (Å²) < 4.78 is 0. The van der Waals surface area contributed by atoms with E-state index in [0.717, 1.165) is 18.9 Å². The first-order valence-electron chi connectivity index (χ1n) is 6.55. The fourth-order valence-corrected chi connectivity index (χ4v) is 2.44. The minimum atomic E-state index is -0.532. The molecule has 2 heteroatoms. The Morgan fingerprint density at radius 2 is 1.93 bits per heavy atom. The fourth-order valence-electron chi connectivity index (χ4n) is 2.44. The van der Waals surface area contributed by atoms with Crippen molar-refractivity contribution in [2.75, 3.05) is 6.54 Å². The highest BCUT2D eigenvalue weighted by Gasteiger charge is 2.25. The van der Waals surface area contributed by atoms with Gasteiger partial charge in [-0.05, 0) is 32.1 Å². The Kier molecular flexibility index (Phi) is 5.07. The zero-order chi connectivity index (χ0) is 11.3. The Hall–Kier alpha value is -0.0800. The minimum Gasteiger partial charge on any atom is -0.389 e. The van der Waals surface area contributed by atoms with Gasteiger partial charge < -0.3 is 10.4 Å². The van der Waals surface area contributed by atoms with Gasteiger partial charge in [0.15, 0.2) is 0 Å². The van der Waals surface area contributed by atoms with Crippen LogP contribution in [0, 0.1) is 5.92 Å². The van der Waals surface area contributed by atoms with Crippen molar-refractivity contribution < 1.29 is 5.11 Å². The van der Waals surface area contributed by atoms with E-state index in [-0.39, 0.29) is 0 Å². The minimum absolute atomic E-state index is 0.532. The van der Waals surface area contributed by atoms with Crippen LogP contribution in [0.25, 0.3) is 0 Å². The van der Waals surface area contributed by atoms with Crippen LogP contribution in [0.5, 0.6) is 0 Å². The van der Waals surface area contributed by atoms with E-state index in [1.165, 1.54) is 32.1 Å². The van der Waals surface area contributed by atoms with Gasteiger partial charge in [0.25, 0.3) is 0 Å². The highest BCUT2D eigenvalue weighted by Crippen LogP contribution is 2.27. The smallest absolute Gasteiger partial charge is 0.0741 e. The summed E-state index contributed by atoms with van der Waals surface area (Å²) in [7, 11) is 0. The number of hydrogen-bond donors (Lipinski definition) is 2. The predicted octanol–water partition coefficient (Wildman–Crippen LogP) is 2.71. The molecule has 90 valence electrons. The highest BCUT2D eigenvalue weighted by molar-refractivity contribution is 4.83. The molecule has 0 bridgehead atoms. The zero-order valence-corrected chi connectivity index (χ0v) is 10.6. The molecule has 1 fully saturated rings. The van der Waals surface area contributed by atoms with Gasteiger partial charge in [-0.1, -0.05) is 33.1 Å². The maximum Gasteiger partial charge on any atom is 0.0741 e. The van der Waals surface area contributed by atoms with E-state index >= 15 is 0 Å². The lowest BCUT2D eigenvalue weighted by molar-refractivity contribution is 0.0479. The predicted molar refractivity (Wildman–Crippen MR) is 65.0 cm³/mol. The van der Waals surface area contributed by atoms with Gasteiger partial charge in [0.05, 0.1) is 5.60 Å². The summed E-state index contributed by atoms with van der Waals surface area (Å²) in [6, 6.07) is 0.641. The average molecular weight is 213 g/mol. The number of rotatable bonds is 5. The molecule has 2 N–H and O–H groups in total. The van der Waals surface area contributed by atoms with E-state index < -0.39 is 5.60 Å². The Bertz CT molecular complexity index is 179. The van der Waals surface area contributed by atoms with Gasteiger partial charge in [0.1, 0.15) is 0 Å². The molecule has 0 amide bonds. The van der Waals surface area contributed by atoms with Gasteiger partial charge in [0, 0.05) is 12.6 Å². The monoisotopic (exact) mass is 213 g/mol. The molecular formula is C13H27NO. The lowest BCUT2D eigenvalue weighted by Gasteiger charge is -2.34. The van der Waals surface area contributed by atoms with E-state index in [9.17, 15) is 5.11 Å². The van der Waals surface area contributed by atoms with Crippen LogP contribution < -0.4 is 5.32 Å². The molecule has 0 spiro atoms. The molecule has 0 aliphatic heterocycles. The second kappa shape index (κ2) is 5.86. The van der Waals surface area contributed by atoms with Crippen LogP contribution in [-0.2, 0) is 0 Å². The van der Waals surface area contributed by atoms with Gasteiger partial charge in [0.2, 0.25) is 0 Å². The molecule has 3 unspecified atom stereocenters. The maximum absolute atomic E-state index is 9.95. The van der Waals surface area contributed by atoms with E-state index in [0.29, 0.717) is 6.04 Å². The highest BCUT2D eigenvalue weighted by atomic mass is 16.3. The molecule has 1 aliphatic rings. The molecule has 1 rings (SSSR count). The molecule has 3 atom stereocenters. The summed E-state index contributed by atoms with van der Waals surface area (Å²) in [6.07, 6.45) is 7.49. The number of hydrogen-bond acceptors (Lipinski definition) is 2. The van der Waals surface area contributed by atoms with Gasteiger partial charge in [-0.15, -0.1) is 0 Å². The SMILES string of the molecule is CCC1CCCCC1NCC(C)(O)CC. The van der Waals surface area contributed by atoms with Crippen LogP contribution in [-0.4, -0.2) is 23.3 Å². The number of aliphatic hydroxyl groups is 1. The van der Waals surface area contributed by atoms with E-state index in [2.05, 4.69) is 12.2 Å². The van der Waals surface area contributed by atoms with E-state index in [1.807, 2.05) is 13.8 Å². The summed E-state index contributed by atoms with van der Waals surface area (Å²) in [6.45, 7) is 6.98. The molecule has 0 aromatic carbocycles. The molecular weight excluding hydrogens is 186 g/mol. The Morgan fingerprint density at radius 3 is 2.53 bits per heavy atom. The second-order valence-corrected chi connectivity index (χ2v) is 5.29. The first-order valence-corrected chi connectivity index (χ1v) is 6.55. The molecule has 0 saturated heterocycles. The van der Waals surface area contributed by atoms with Crippen LogP contribution in [0.3, 0.4) is 0 Å². The quantitative estimate of drug-likeness (QED) is 0.736. The topological polar surface area (TPSA) is 32.3 Å². The summed E-state index contributed by atoms with van der Waals surface area (Å²) in [5, 5.41) is 13.5. The average Bonchev–Trinajstić information content (AvgIpc) is 2.27. The Morgan fingerprint density at radius 1 is 1.27 bits per heavy atom. The summed E-state index contributed by atoms with van der Waals surface area (Å²) >= 11 is 0. The van der Waals surface area contributed by atoms with Crippen LogP contribution in [0.4, 0.5) is 0 Å². The van der Waals surface area contributed by atoms with Crippen molar-refractivity contribution in [1.29, 1.82) is 0 Å². The Labute approximate surface area is 94.5 Å². The first-order chi connectivity index (χ1) is 7.09. The normalized spacial score (nSPS) is 31.2. The largest absolute Gasteiger partial charge is 0.389 e.